The van der Waals surface area contributed by atoms with E-state index in [0.29, 0.717) is 0 Å². The molecule has 3 aromatic carbocycles. The molecule has 0 atom stereocenters. The van der Waals surface area contributed by atoms with Crippen LogP contribution < -0.4 is 0 Å². The standard InChI is InChI=1S/C19H13NS/c21-19-9-10-20-18-12-16(7-8-17(18)19)15-6-5-13-3-1-2-4-14(13)11-15/h1-12H,(H,20,21). The van der Waals surface area contributed by atoms with Crippen molar-refractivity contribution >= 4 is 33.9 Å². The number of pyridine rings is 1. The lowest BCUT2D eigenvalue weighted by molar-refractivity contribution is 1.41. The Morgan fingerprint density at radius 3 is 2.38 bits per heavy atom. The molecule has 0 aliphatic carbocycles. The van der Waals surface area contributed by atoms with Crippen LogP contribution in [0.2, 0.25) is 0 Å². The Hall–Kier alpha value is -2.45. The van der Waals surface area contributed by atoms with Gasteiger partial charge in [-0.1, -0.05) is 60.7 Å². The van der Waals surface area contributed by atoms with E-state index in [1.165, 1.54) is 21.9 Å². The molecule has 1 heterocycles. The molecule has 2 heteroatoms. The third kappa shape index (κ3) is 2.14. The molecule has 0 bridgehead atoms. The first-order chi connectivity index (χ1) is 10.3. The highest BCUT2D eigenvalue weighted by Gasteiger charge is 2.02. The zero-order valence-electron chi connectivity index (χ0n) is 11.3. The monoisotopic (exact) mass is 287 g/mol. The van der Waals surface area contributed by atoms with Crippen LogP contribution in [-0.2, 0) is 0 Å². The van der Waals surface area contributed by atoms with Crippen molar-refractivity contribution in [2.24, 2.45) is 0 Å². The summed E-state index contributed by atoms with van der Waals surface area (Å²) in [5, 5.41) is 3.62. The van der Waals surface area contributed by atoms with Gasteiger partial charge in [-0.3, -0.25) is 0 Å². The number of nitrogens with one attached hydrogen (secondary N) is 1. The zero-order valence-corrected chi connectivity index (χ0v) is 12.2. The second-order valence-electron chi connectivity index (χ2n) is 5.16. The lowest BCUT2D eigenvalue weighted by Crippen LogP contribution is -1.83. The van der Waals surface area contributed by atoms with Gasteiger partial charge < -0.3 is 4.98 Å². The van der Waals surface area contributed by atoms with E-state index in [9.17, 15) is 0 Å². The van der Waals surface area contributed by atoms with Gasteiger partial charge in [0.05, 0.1) is 0 Å². The van der Waals surface area contributed by atoms with Crippen molar-refractivity contribution in [3.63, 3.8) is 0 Å². The topological polar surface area (TPSA) is 15.8 Å². The van der Waals surface area contributed by atoms with Crippen molar-refractivity contribution < 1.29 is 0 Å². The Balaban J connectivity index is 1.93. The van der Waals surface area contributed by atoms with Gasteiger partial charge in [0.15, 0.2) is 0 Å². The van der Waals surface area contributed by atoms with Crippen LogP contribution in [0.3, 0.4) is 0 Å². The normalized spacial score (nSPS) is 11.0. The number of benzene rings is 3. The summed E-state index contributed by atoms with van der Waals surface area (Å²) in [6.45, 7) is 0. The maximum atomic E-state index is 5.36. The number of hydrogen-bond acceptors (Lipinski definition) is 1. The molecule has 0 saturated carbocycles. The van der Waals surface area contributed by atoms with Gasteiger partial charge in [-0.2, -0.15) is 0 Å². The maximum Gasteiger partial charge on any atom is 0.0484 e. The predicted octanol–water partition coefficient (Wildman–Crippen LogP) is 5.72. The van der Waals surface area contributed by atoms with Gasteiger partial charge in [-0.15, -0.1) is 0 Å². The van der Waals surface area contributed by atoms with Gasteiger partial charge in [0, 0.05) is 21.6 Å². The van der Waals surface area contributed by atoms with Crippen LogP contribution in [0.4, 0.5) is 0 Å². The van der Waals surface area contributed by atoms with Crippen molar-refractivity contribution in [1.82, 2.24) is 4.98 Å². The number of aromatic amines is 1. The maximum absolute atomic E-state index is 5.36. The molecule has 1 N–H and O–H groups in total. The Bertz CT molecular complexity index is 1010. The Kier molecular flexibility index (Phi) is 2.83. The van der Waals surface area contributed by atoms with E-state index in [-0.39, 0.29) is 0 Å². The molecule has 0 radical (unpaired) electrons. The summed E-state index contributed by atoms with van der Waals surface area (Å²) in [5.74, 6) is 0. The highest BCUT2D eigenvalue weighted by molar-refractivity contribution is 7.71. The lowest BCUT2D eigenvalue weighted by Gasteiger charge is -2.06. The zero-order chi connectivity index (χ0) is 14.2. The molecule has 1 nitrogen and oxygen atoms in total. The van der Waals surface area contributed by atoms with Gasteiger partial charge in [-0.05, 0) is 40.1 Å². The van der Waals surface area contributed by atoms with E-state index >= 15 is 0 Å². The van der Waals surface area contributed by atoms with Gasteiger partial charge in [0.1, 0.15) is 0 Å². The summed E-state index contributed by atoms with van der Waals surface area (Å²) in [6, 6.07) is 23.3. The fourth-order valence-corrected chi connectivity index (χ4v) is 2.97. The molecular weight excluding hydrogens is 274 g/mol. The van der Waals surface area contributed by atoms with Crippen LogP contribution in [0.15, 0.2) is 72.9 Å². The molecule has 0 aliphatic heterocycles. The third-order valence-corrected chi connectivity index (χ3v) is 4.20. The molecule has 100 valence electrons. The SMILES string of the molecule is S=c1cc[nH]c2cc(-c3ccc4ccccc4c3)ccc12. The van der Waals surface area contributed by atoms with E-state index in [4.69, 9.17) is 12.2 Å². The van der Waals surface area contributed by atoms with Crippen LogP contribution in [0.5, 0.6) is 0 Å². The molecule has 0 spiro atoms. The third-order valence-electron chi connectivity index (χ3n) is 3.84. The van der Waals surface area contributed by atoms with Gasteiger partial charge in [0.2, 0.25) is 0 Å². The summed E-state index contributed by atoms with van der Waals surface area (Å²) in [4.78, 5) is 3.27. The highest BCUT2D eigenvalue weighted by Crippen LogP contribution is 2.27. The average Bonchev–Trinajstić information content (AvgIpc) is 2.54. The average molecular weight is 287 g/mol. The van der Waals surface area contributed by atoms with Crippen molar-refractivity contribution in [3.05, 3.63) is 77.4 Å². The van der Waals surface area contributed by atoms with Gasteiger partial charge >= 0.3 is 0 Å². The lowest BCUT2D eigenvalue weighted by atomic mass is 10.0. The summed E-state index contributed by atoms with van der Waals surface area (Å²) < 4.78 is 0.883. The molecule has 0 aliphatic rings. The first-order valence-electron chi connectivity index (χ1n) is 6.92. The van der Waals surface area contributed by atoms with Gasteiger partial charge in [-0.25, -0.2) is 0 Å². The number of H-pyrrole nitrogens is 1. The molecule has 0 saturated heterocycles. The summed E-state index contributed by atoms with van der Waals surface area (Å²) in [6.07, 6.45) is 1.90. The minimum absolute atomic E-state index is 0.883. The molecule has 4 rings (SSSR count). The Morgan fingerprint density at radius 1 is 0.714 bits per heavy atom. The molecule has 21 heavy (non-hydrogen) atoms. The molecule has 0 amide bonds. The summed E-state index contributed by atoms with van der Waals surface area (Å²) in [5.41, 5.74) is 3.50. The molecule has 1 aromatic heterocycles. The van der Waals surface area contributed by atoms with Crippen LogP contribution in [-0.4, -0.2) is 4.98 Å². The van der Waals surface area contributed by atoms with E-state index in [1.54, 1.807) is 0 Å². The minimum atomic E-state index is 0.883. The van der Waals surface area contributed by atoms with Crippen LogP contribution in [0.1, 0.15) is 0 Å². The molecule has 0 unspecified atom stereocenters. The van der Waals surface area contributed by atoms with Crippen LogP contribution in [0.25, 0.3) is 32.8 Å². The second-order valence-corrected chi connectivity index (χ2v) is 5.60. The van der Waals surface area contributed by atoms with Crippen LogP contribution >= 0.6 is 12.2 Å². The van der Waals surface area contributed by atoms with Crippen molar-refractivity contribution in [2.75, 3.05) is 0 Å². The number of fused-ring (bicyclic) bond motifs is 2. The Morgan fingerprint density at radius 2 is 1.48 bits per heavy atom. The summed E-state index contributed by atoms with van der Waals surface area (Å²) >= 11 is 5.36. The predicted molar refractivity (Wildman–Crippen MR) is 92.1 cm³/mol. The fourth-order valence-electron chi connectivity index (χ4n) is 2.72. The Labute approximate surface area is 127 Å². The smallest absolute Gasteiger partial charge is 0.0484 e. The number of hydrogen-bond donors (Lipinski definition) is 1. The first kappa shape index (κ1) is 12.3. The molecular formula is C19H13NS. The first-order valence-corrected chi connectivity index (χ1v) is 7.33. The number of aromatic nitrogens is 1. The van der Waals surface area contributed by atoms with Crippen molar-refractivity contribution in [2.45, 2.75) is 0 Å². The van der Waals surface area contributed by atoms with E-state index in [0.717, 1.165) is 15.4 Å². The molecule has 0 fully saturated rings. The fraction of sp³-hybridized carbons (Fsp3) is 0. The van der Waals surface area contributed by atoms with Crippen LogP contribution in [0, 0.1) is 4.51 Å². The summed E-state index contributed by atoms with van der Waals surface area (Å²) in [7, 11) is 0. The largest absolute Gasteiger partial charge is 0.361 e. The van der Waals surface area contributed by atoms with Gasteiger partial charge in [0.25, 0.3) is 0 Å². The van der Waals surface area contributed by atoms with E-state index in [2.05, 4.69) is 65.6 Å². The quantitative estimate of drug-likeness (QED) is 0.443. The van der Waals surface area contributed by atoms with Crippen molar-refractivity contribution in [1.29, 1.82) is 0 Å². The van der Waals surface area contributed by atoms with E-state index < -0.39 is 0 Å². The number of rotatable bonds is 1. The molecule has 4 aromatic rings. The minimum Gasteiger partial charge on any atom is -0.361 e. The second kappa shape index (κ2) is 4.83. The van der Waals surface area contributed by atoms with Crippen molar-refractivity contribution in [3.8, 4) is 11.1 Å². The van der Waals surface area contributed by atoms with E-state index in [1.807, 2.05) is 12.3 Å². The highest BCUT2D eigenvalue weighted by atomic mass is 32.1.